The molecular weight excluding hydrogens is 464 g/mol. The molecule has 0 saturated carbocycles. The van der Waals surface area contributed by atoms with Gasteiger partial charge in [-0.05, 0) is 18.1 Å². The first kappa shape index (κ1) is 24.2. The number of nitrogens with one attached hydrogen (secondary N) is 1. The molecule has 0 unspecified atom stereocenters. The molecular formula is C22H24N4O9. The molecule has 3 heterocycles. The highest BCUT2D eigenvalue weighted by atomic mass is 16.8. The molecule has 0 radical (unpaired) electrons. The number of carbonyl (C=O) groups is 3. The lowest BCUT2D eigenvalue weighted by atomic mass is 10.1. The second-order valence-electron chi connectivity index (χ2n) is 8.24. The van der Waals surface area contributed by atoms with Crippen LogP contribution < -0.4 is 16.9 Å². The second kappa shape index (κ2) is 10.1. The second-order valence-corrected chi connectivity index (χ2v) is 8.24. The molecule has 0 aliphatic carbocycles. The predicted octanol–water partition coefficient (Wildman–Crippen LogP) is 0.755. The van der Waals surface area contributed by atoms with Gasteiger partial charge in [0.1, 0.15) is 18.8 Å². The van der Waals surface area contributed by atoms with E-state index in [2.05, 4.69) is 10.5 Å². The number of carbonyl (C=O) groups excluding carboxylic acids is 3. The van der Waals surface area contributed by atoms with Crippen LogP contribution in [0, 0.1) is 5.92 Å². The van der Waals surface area contributed by atoms with Crippen molar-refractivity contribution in [3.63, 3.8) is 0 Å². The molecule has 1 aromatic heterocycles. The fourth-order valence-electron chi connectivity index (χ4n) is 3.51. The Bertz CT molecular complexity index is 1150. The van der Waals surface area contributed by atoms with Crippen molar-refractivity contribution in [1.29, 1.82) is 0 Å². The van der Waals surface area contributed by atoms with Gasteiger partial charge in [0.25, 0.3) is 0 Å². The highest BCUT2D eigenvalue weighted by Crippen LogP contribution is 2.37. The Kier molecular flexibility index (Phi) is 6.98. The van der Waals surface area contributed by atoms with Crippen LogP contribution in [0.1, 0.15) is 30.4 Å². The lowest BCUT2D eigenvalue weighted by molar-refractivity contribution is -0.153. The summed E-state index contributed by atoms with van der Waals surface area (Å²) in [5, 5.41) is 0. The fraction of sp³-hybridized carbons (Fsp3) is 0.409. The summed E-state index contributed by atoms with van der Waals surface area (Å²) < 4.78 is 22.4. The summed E-state index contributed by atoms with van der Waals surface area (Å²) in [4.78, 5) is 57.3. The van der Waals surface area contributed by atoms with Crippen LogP contribution in [0.3, 0.4) is 0 Å². The molecule has 0 spiro atoms. The number of anilines is 1. The third-order valence-corrected chi connectivity index (χ3v) is 5.49. The Morgan fingerprint density at radius 2 is 1.86 bits per heavy atom. The van der Waals surface area contributed by atoms with Gasteiger partial charge in [0.05, 0.1) is 5.56 Å². The molecule has 1 aromatic carbocycles. The minimum absolute atomic E-state index is 0.0297. The van der Waals surface area contributed by atoms with E-state index in [1.165, 1.54) is 12.3 Å². The molecule has 2 aliphatic rings. The number of nitrogens with two attached hydrogens (primary N) is 1. The summed E-state index contributed by atoms with van der Waals surface area (Å²) in [7, 11) is 0. The SMILES string of the molecule is CC(C)[C@@H](N)C(=O)OC[C@H]1O[C@@H](n2ccc(NOC(=O)c3ccccc3)nc2=O)[C@@H]2OC(=O)O[C@@H]21. The number of esters is 1. The summed E-state index contributed by atoms with van der Waals surface area (Å²) in [5.74, 6) is -1.46. The van der Waals surface area contributed by atoms with Crippen LogP contribution in [0.4, 0.5) is 10.6 Å². The summed E-state index contributed by atoms with van der Waals surface area (Å²) in [6, 6.07) is 8.78. The average Bonchev–Trinajstić information content (AvgIpc) is 3.38. The Morgan fingerprint density at radius 1 is 1.14 bits per heavy atom. The zero-order valence-electron chi connectivity index (χ0n) is 18.9. The van der Waals surface area contributed by atoms with E-state index in [4.69, 9.17) is 29.5 Å². The summed E-state index contributed by atoms with van der Waals surface area (Å²) in [5.41, 5.74) is 7.64. The molecule has 0 amide bonds. The van der Waals surface area contributed by atoms with Crippen molar-refractivity contribution in [2.45, 2.75) is 44.4 Å². The van der Waals surface area contributed by atoms with Crippen LogP contribution in [-0.2, 0) is 28.6 Å². The van der Waals surface area contributed by atoms with Gasteiger partial charge in [-0.2, -0.15) is 10.5 Å². The first-order chi connectivity index (χ1) is 16.7. The van der Waals surface area contributed by atoms with Gasteiger partial charge >= 0.3 is 23.8 Å². The Labute approximate surface area is 199 Å². The molecule has 4 rings (SSSR count). The molecule has 2 aliphatic heterocycles. The third kappa shape index (κ3) is 5.25. The lowest BCUT2D eigenvalue weighted by Gasteiger charge is -2.19. The van der Waals surface area contributed by atoms with Crippen molar-refractivity contribution in [3.05, 3.63) is 58.6 Å². The number of aromatic nitrogens is 2. The van der Waals surface area contributed by atoms with Crippen molar-refractivity contribution >= 4 is 23.9 Å². The first-order valence-corrected chi connectivity index (χ1v) is 10.8. The van der Waals surface area contributed by atoms with Crippen molar-refractivity contribution in [2.75, 3.05) is 12.1 Å². The van der Waals surface area contributed by atoms with Crippen LogP contribution in [0.15, 0.2) is 47.4 Å². The topological polar surface area (TPSA) is 170 Å². The molecule has 13 heteroatoms. The molecule has 2 aromatic rings. The zero-order valence-corrected chi connectivity index (χ0v) is 18.9. The van der Waals surface area contributed by atoms with Crippen LogP contribution in [0.5, 0.6) is 0 Å². The van der Waals surface area contributed by atoms with Crippen LogP contribution in [0.2, 0.25) is 0 Å². The zero-order chi connectivity index (χ0) is 25.1. The van der Waals surface area contributed by atoms with Crippen molar-refractivity contribution in [2.24, 2.45) is 11.7 Å². The number of hydrogen-bond donors (Lipinski definition) is 2. The molecule has 186 valence electrons. The molecule has 0 bridgehead atoms. The average molecular weight is 488 g/mol. The third-order valence-electron chi connectivity index (χ3n) is 5.49. The molecule has 2 fully saturated rings. The van der Waals surface area contributed by atoms with E-state index in [-0.39, 0.29) is 18.3 Å². The normalized spacial score (nSPS) is 23.7. The van der Waals surface area contributed by atoms with Crippen molar-refractivity contribution < 1.29 is 38.2 Å². The number of fused-ring (bicyclic) bond motifs is 1. The molecule has 13 nitrogen and oxygen atoms in total. The Balaban J connectivity index is 1.43. The van der Waals surface area contributed by atoms with Gasteiger partial charge < -0.3 is 29.5 Å². The van der Waals surface area contributed by atoms with Crippen molar-refractivity contribution in [1.82, 2.24) is 9.55 Å². The van der Waals surface area contributed by atoms with E-state index in [0.29, 0.717) is 5.56 Å². The highest BCUT2D eigenvalue weighted by molar-refractivity contribution is 5.89. The number of benzene rings is 1. The molecule has 5 atom stereocenters. The number of rotatable bonds is 8. The number of nitrogens with zero attached hydrogens (tertiary/aromatic N) is 2. The smallest absolute Gasteiger partial charge is 0.462 e. The molecule has 3 N–H and O–H groups in total. The van der Waals surface area contributed by atoms with Gasteiger partial charge in [0.15, 0.2) is 24.3 Å². The summed E-state index contributed by atoms with van der Waals surface area (Å²) in [6.45, 7) is 3.29. The van der Waals surface area contributed by atoms with Crippen LogP contribution in [0.25, 0.3) is 0 Å². The van der Waals surface area contributed by atoms with E-state index >= 15 is 0 Å². The van der Waals surface area contributed by atoms with E-state index in [1.807, 2.05) is 0 Å². The van der Waals surface area contributed by atoms with Gasteiger partial charge in [0.2, 0.25) is 0 Å². The van der Waals surface area contributed by atoms with Gasteiger partial charge in [0, 0.05) is 12.3 Å². The molecule has 35 heavy (non-hydrogen) atoms. The maximum absolute atomic E-state index is 12.7. The van der Waals surface area contributed by atoms with Crippen LogP contribution in [-0.4, -0.2) is 58.6 Å². The predicted molar refractivity (Wildman–Crippen MR) is 117 cm³/mol. The Morgan fingerprint density at radius 3 is 2.54 bits per heavy atom. The van der Waals surface area contributed by atoms with Gasteiger partial charge in [-0.1, -0.05) is 32.0 Å². The molecule has 2 saturated heterocycles. The minimum Gasteiger partial charge on any atom is -0.462 e. The van der Waals surface area contributed by atoms with Crippen LogP contribution >= 0.6 is 0 Å². The monoisotopic (exact) mass is 488 g/mol. The van der Waals surface area contributed by atoms with Gasteiger partial charge in [-0.3, -0.25) is 9.36 Å². The largest absolute Gasteiger partial charge is 0.509 e. The Hall–Kier alpha value is -3.97. The van der Waals surface area contributed by atoms with E-state index in [1.54, 1.807) is 44.2 Å². The fourth-order valence-corrected chi connectivity index (χ4v) is 3.51. The number of hydrogen-bond acceptors (Lipinski definition) is 12. The quantitative estimate of drug-likeness (QED) is 0.304. The summed E-state index contributed by atoms with van der Waals surface area (Å²) in [6.07, 6.45) is -3.47. The van der Waals surface area contributed by atoms with E-state index in [0.717, 1.165) is 4.57 Å². The lowest BCUT2D eigenvalue weighted by Crippen LogP contribution is -2.40. The standard InChI is InChI=1S/C22H24N4O9/c1-11(2)15(23)20(28)31-10-13-16-17(34-22(30)33-16)18(32-13)26-9-8-14(24-21(26)29)25-35-19(27)12-6-4-3-5-7-12/h3-9,11,13,15-18H,10,23H2,1-2H3,(H,24,25,29)/t13-,15-,16-,17-,18-/m1/s1. The minimum atomic E-state index is -1.09. The maximum atomic E-state index is 12.7. The first-order valence-electron chi connectivity index (χ1n) is 10.8. The highest BCUT2D eigenvalue weighted by Gasteiger charge is 2.55. The van der Waals surface area contributed by atoms with Crippen molar-refractivity contribution in [3.8, 4) is 0 Å². The number of ether oxygens (including phenoxy) is 4. The van der Waals surface area contributed by atoms with Gasteiger partial charge in [-0.15, -0.1) is 0 Å². The summed E-state index contributed by atoms with van der Waals surface area (Å²) >= 11 is 0. The van der Waals surface area contributed by atoms with Gasteiger partial charge in [-0.25, -0.2) is 14.4 Å². The van der Waals surface area contributed by atoms with E-state index in [9.17, 15) is 19.2 Å². The van der Waals surface area contributed by atoms with E-state index < -0.39 is 54.4 Å². The maximum Gasteiger partial charge on any atom is 0.509 e.